The zero-order valence-corrected chi connectivity index (χ0v) is 12.8. The van der Waals surface area contributed by atoms with E-state index in [0.717, 1.165) is 36.2 Å². The fourth-order valence-corrected chi connectivity index (χ4v) is 2.82. The molecule has 3 rings (SSSR count). The van der Waals surface area contributed by atoms with Gasteiger partial charge in [0.05, 0.1) is 11.2 Å². The second-order valence-electron chi connectivity index (χ2n) is 5.77. The minimum absolute atomic E-state index is 0.177. The van der Waals surface area contributed by atoms with E-state index in [1.807, 2.05) is 18.2 Å². The molecule has 1 aromatic heterocycles. The monoisotopic (exact) mass is 299 g/mol. The highest BCUT2D eigenvalue weighted by atomic mass is 16.3. The quantitative estimate of drug-likeness (QED) is 0.927. The number of aliphatic hydroxyl groups excluding tert-OH is 1. The molecule has 0 radical (unpaired) electrons. The molecule has 0 bridgehead atoms. The summed E-state index contributed by atoms with van der Waals surface area (Å²) in [5, 5.41) is 10.5. The average Bonchev–Trinajstić information content (AvgIpc) is 2.55. The van der Waals surface area contributed by atoms with E-state index in [4.69, 9.17) is 0 Å². The van der Waals surface area contributed by atoms with Gasteiger partial charge in [-0.05, 0) is 19.1 Å². The Balaban J connectivity index is 1.61. The molecule has 0 aliphatic carbocycles. The number of carbonyl (C=O) groups excluding carboxylic acids is 1. The van der Waals surface area contributed by atoms with E-state index in [1.165, 1.54) is 6.92 Å². The number of benzene rings is 1. The molecule has 5 nitrogen and oxygen atoms in total. The second-order valence-corrected chi connectivity index (χ2v) is 5.77. The van der Waals surface area contributed by atoms with Crippen molar-refractivity contribution in [2.45, 2.75) is 19.6 Å². The number of aliphatic hydroxyl groups is 1. The van der Waals surface area contributed by atoms with Crippen molar-refractivity contribution >= 4 is 16.8 Å². The number of carbonyl (C=O) groups is 1. The molecule has 1 N–H and O–H groups in total. The van der Waals surface area contributed by atoms with Crippen LogP contribution >= 0.6 is 0 Å². The number of amides is 1. The van der Waals surface area contributed by atoms with E-state index in [-0.39, 0.29) is 5.91 Å². The number of piperazine rings is 1. The third kappa shape index (κ3) is 3.26. The Morgan fingerprint density at radius 2 is 1.91 bits per heavy atom. The van der Waals surface area contributed by atoms with Crippen LogP contribution < -0.4 is 0 Å². The molecule has 0 spiro atoms. The highest BCUT2D eigenvalue weighted by Gasteiger charge is 2.23. The third-order valence-corrected chi connectivity index (χ3v) is 4.08. The van der Waals surface area contributed by atoms with Crippen LogP contribution in [0.25, 0.3) is 10.9 Å². The second kappa shape index (κ2) is 6.42. The zero-order valence-electron chi connectivity index (χ0n) is 12.8. The predicted octanol–water partition coefficient (Wildman–Crippen LogP) is 1.26. The molecule has 1 aromatic carbocycles. The molecule has 1 saturated heterocycles. The summed E-state index contributed by atoms with van der Waals surface area (Å²) in [4.78, 5) is 20.5. The fraction of sp³-hybridized carbons (Fsp3) is 0.412. The summed E-state index contributed by atoms with van der Waals surface area (Å²) in [6.07, 6.45) is -0.909. The van der Waals surface area contributed by atoms with E-state index in [0.29, 0.717) is 13.1 Å². The lowest BCUT2D eigenvalue weighted by Crippen LogP contribution is -2.50. The molecule has 116 valence electrons. The van der Waals surface area contributed by atoms with E-state index in [2.05, 4.69) is 28.1 Å². The van der Waals surface area contributed by atoms with Crippen LogP contribution in [0, 0.1) is 0 Å². The van der Waals surface area contributed by atoms with Gasteiger partial charge in [-0.3, -0.25) is 14.7 Å². The smallest absolute Gasteiger partial charge is 0.251 e. The summed E-state index contributed by atoms with van der Waals surface area (Å²) in [7, 11) is 0. The Bertz CT molecular complexity index is 664. The third-order valence-electron chi connectivity index (χ3n) is 4.08. The molecule has 1 fully saturated rings. The van der Waals surface area contributed by atoms with Gasteiger partial charge in [-0.25, -0.2) is 0 Å². The van der Waals surface area contributed by atoms with Crippen LogP contribution in [-0.2, 0) is 11.3 Å². The lowest BCUT2D eigenvalue weighted by Gasteiger charge is -2.35. The van der Waals surface area contributed by atoms with Crippen LogP contribution in [0.3, 0.4) is 0 Å². The van der Waals surface area contributed by atoms with Gasteiger partial charge in [-0.2, -0.15) is 0 Å². The standard InChI is InChI=1S/C17H21N3O2/c1-13(21)17(22)20-10-8-19(9-11-20)12-15-7-6-14-4-2-3-5-16(14)18-15/h2-7,13,21H,8-12H2,1H3. The summed E-state index contributed by atoms with van der Waals surface area (Å²) in [6.45, 7) is 5.27. The number of aromatic nitrogens is 1. The van der Waals surface area contributed by atoms with Gasteiger partial charge >= 0.3 is 0 Å². The highest BCUT2D eigenvalue weighted by molar-refractivity contribution is 5.80. The number of hydrogen-bond acceptors (Lipinski definition) is 4. The summed E-state index contributed by atoms with van der Waals surface area (Å²) < 4.78 is 0. The molecular formula is C17H21N3O2. The average molecular weight is 299 g/mol. The van der Waals surface area contributed by atoms with Crippen LogP contribution in [0.2, 0.25) is 0 Å². The van der Waals surface area contributed by atoms with Crippen molar-refractivity contribution in [1.29, 1.82) is 0 Å². The maximum Gasteiger partial charge on any atom is 0.251 e. The Hall–Kier alpha value is -1.98. The normalized spacial score (nSPS) is 17.6. The lowest BCUT2D eigenvalue weighted by atomic mass is 10.2. The lowest BCUT2D eigenvalue weighted by molar-refractivity contribution is -0.141. The topological polar surface area (TPSA) is 56.7 Å². The maximum absolute atomic E-state index is 11.8. The first-order valence-corrected chi connectivity index (χ1v) is 7.67. The van der Waals surface area contributed by atoms with E-state index in [9.17, 15) is 9.90 Å². The highest BCUT2D eigenvalue weighted by Crippen LogP contribution is 2.14. The SMILES string of the molecule is CC(O)C(=O)N1CCN(Cc2ccc3ccccc3n2)CC1. The molecule has 1 atom stereocenters. The first-order chi connectivity index (χ1) is 10.6. The largest absolute Gasteiger partial charge is 0.384 e. The number of nitrogens with zero attached hydrogens (tertiary/aromatic N) is 3. The van der Waals surface area contributed by atoms with E-state index >= 15 is 0 Å². The maximum atomic E-state index is 11.8. The molecule has 2 aromatic rings. The van der Waals surface area contributed by atoms with Crippen LogP contribution in [0.5, 0.6) is 0 Å². The van der Waals surface area contributed by atoms with Crippen molar-refractivity contribution in [1.82, 2.24) is 14.8 Å². The van der Waals surface area contributed by atoms with Crippen molar-refractivity contribution in [2.75, 3.05) is 26.2 Å². The molecule has 22 heavy (non-hydrogen) atoms. The van der Waals surface area contributed by atoms with Gasteiger partial charge < -0.3 is 10.0 Å². The van der Waals surface area contributed by atoms with Crippen LogP contribution in [0.1, 0.15) is 12.6 Å². The number of hydrogen-bond donors (Lipinski definition) is 1. The Morgan fingerprint density at radius 1 is 1.18 bits per heavy atom. The van der Waals surface area contributed by atoms with Gasteiger partial charge in [-0.1, -0.05) is 24.3 Å². The molecule has 2 heterocycles. The predicted molar refractivity (Wildman–Crippen MR) is 85.3 cm³/mol. The van der Waals surface area contributed by atoms with Gasteiger partial charge in [0.1, 0.15) is 6.10 Å². The van der Waals surface area contributed by atoms with Crippen LogP contribution in [0.4, 0.5) is 0 Å². The zero-order chi connectivity index (χ0) is 15.5. The molecule has 0 saturated carbocycles. The van der Waals surface area contributed by atoms with Crippen molar-refractivity contribution in [3.63, 3.8) is 0 Å². The van der Waals surface area contributed by atoms with E-state index < -0.39 is 6.10 Å². The van der Waals surface area contributed by atoms with Crippen molar-refractivity contribution in [3.8, 4) is 0 Å². The minimum atomic E-state index is -0.909. The first kappa shape index (κ1) is 14.9. The Kier molecular flexibility index (Phi) is 4.36. The molecule has 1 aliphatic heterocycles. The summed E-state index contributed by atoms with van der Waals surface area (Å²) >= 11 is 0. The van der Waals surface area contributed by atoms with Gasteiger partial charge in [0.25, 0.3) is 5.91 Å². The van der Waals surface area contributed by atoms with Gasteiger partial charge in [0.2, 0.25) is 0 Å². The van der Waals surface area contributed by atoms with Gasteiger partial charge in [-0.15, -0.1) is 0 Å². The minimum Gasteiger partial charge on any atom is -0.384 e. The Morgan fingerprint density at radius 3 is 2.64 bits per heavy atom. The number of fused-ring (bicyclic) bond motifs is 1. The van der Waals surface area contributed by atoms with Crippen molar-refractivity contribution < 1.29 is 9.90 Å². The molecular weight excluding hydrogens is 278 g/mol. The Labute approximate surface area is 130 Å². The molecule has 1 amide bonds. The molecule has 5 heteroatoms. The van der Waals surface area contributed by atoms with Crippen molar-refractivity contribution in [3.05, 3.63) is 42.1 Å². The summed E-state index contributed by atoms with van der Waals surface area (Å²) in [6, 6.07) is 12.3. The number of pyridine rings is 1. The van der Waals surface area contributed by atoms with Gasteiger partial charge in [0.15, 0.2) is 0 Å². The fourth-order valence-electron chi connectivity index (χ4n) is 2.82. The van der Waals surface area contributed by atoms with Gasteiger partial charge in [0, 0.05) is 38.1 Å². The van der Waals surface area contributed by atoms with Crippen LogP contribution in [-0.4, -0.2) is 58.1 Å². The molecule has 1 unspecified atom stereocenters. The summed E-state index contributed by atoms with van der Waals surface area (Å²) in [5.41, 5.74) is 2.07. The first-order valence-electron chi connectivity index (χ1n) is 7.67. The van der Waals surface area contributed by atoms with Crippen LogP contribution in [0.15, 0.2) is 36.4 Å². The number of para-hydroxylation sites is 1. The summed E-state index contributed by atoms with van der Waals surface area (Å²) in [5.74, 6) is -0.177. The molecule has 1 aliphatic rings. The number of rotatable bonds is 3. The van der Waals surface area contributed by atoms with E-state index in [1.54, 1.807) is 4.90 Å². The van der Waals surface area contributed by atoms with Crippen molar-refractivity contribution in [2.24, 2.45) is 0 Å².